The van der Waals surface area contributed by atoms with E-state index >= 15 is 0 Å². The van der Waals surface area contributed by atoms with Crippen molar-refractivity contribution in [3.8, 4) is 6.07 Å². The van der Waals surface area contributed by atoms with Crippen LogP contribution in [0, 0.1) is 17.2 Å². The molecule has 0 aliphatic carbocycles. The van der Waals surface area contributed by atoms with Crippen LogP contribution in [0.15, 0.2) is 6.33 Å². The molecule has 1 rings (SSSR count). The summed E-state index contributed by atoms with van der Waals surface area (Å²) in [6.07, 6.45) is 1.40. The summed E-state index contributed by atoms with van der Waals surface area (Å²) in [6.45, 7) is 4.90. The average Bonchev–Trinajstić information content (AvgIpc) is 2.34. The van der Waals surface area contributed by atoms with E-state index in [0.717, 1.165) is 6.54 Å². The lowest BCUT2D eigenvalue weighted by Crippen LogP contribution is -2.08. The minimum Gasteiger partial charge on any atom is -0.237 e. The molecule has 11 heavy (non-hydrogen) atoms. The Morgan fingerprint density at radius 3 is 3.00 bits per heavy atom. The average molecular weight is 150 g/mol. The highest BCUT2D eigenvalue weighted by Gasteiger charge is 2.03. The Labute approximate surface area is 65.5 Å². The van der Waals surface area contributed by atoms with Crippen LogP contribution in [-0.2, 0) is 6.54 Å². The molecule has 0 bridgehead atoms. The fraction of sp³-hybridized carbons (Fsp3) is 0.571. The van der Waals surface area contributed by atoms with Crippen molar-refractivity contribution in [2.75, 3.05) is 0 Å². The molecule has 58 valence electrons. The summed E-state index contributed by atoms with van der Waals surface area (Å²) >= 11 is 0. The van der Waals surface area contributed by atoms with E-state index in [1.54, 1.807) is 4.68 Å². The first kappa shape index (κ1) is 7.73. The van der Waals surface area contributed by atoms with Gasteiger partial charge in [0.25, 0.3) is 0 Å². The zero-order valence-electron chi connectivity index (χ0n) is 6.65. The molecule has 0 saturated heterocycles. The van der Waals surface area contributed by atoms with Crippen molar-refractivity contribution >= 4 is 0 Å². The van der Waals surface area contributed by atoms with Crippen molar-refractivity contribution in [2.45, 2.75) is 20.4 Å². The first-order valence-corrected chi connectivity index (χ1v) is 3.52. The third kappa shape index (κ3) is 1.77. The fourth-order valence-corrected chi connectivity index (χ4v) is 0.830. The highest BCUT2D eigenvalue weighted by molar-refractivity contribution is 5.07. The maximum absolute atomic E-state index is 8.55. The molecule has 0 aliphatic rings. The van der Waals surface area contributed by atoms with Gasteiger partial charge >= 0.3 is 0 Å². The molecular formula is C7H10N4. The van der Waals surface area contributed by atoms with Gasteiger partial charge in [-0.05, 0) is 5.92 Å². The quantitative estimate of drug-likeness (QED) is 0.626. The van der Waals surface area contributed by atoms with Crippen LogP contribution in [0.2, 0.25) is 0 Å². The molecule has 1 aromatic heterocycles. The van der Waals surface area contributed by atoms with Gasteiger partial charge in [-0.3, -0.25) is 0 Å². The maximum atomic E-state index is 8.55. The Kier molecular flexibility index (Phi) is 2.21. The van der Waals surface area contributed by atoms with E-state index in [4.69, 9.17) is 5.26 Å². The summed E-state index contributed by atoms with van der Waals surface area (Å²) in [5.74, 6) is 0.877. The number of rotatable bonds is 2. The maximum Gasteiger partial charge on any atom is 0.230 e. The van der Waals surface area contributed by atoms with Gasteiger partial charge in [0.15, 0.2) is 0 Å². The van der Waals surface area contributed by atoms with Gasteiger partial charge in [0.05, 0.1) is 0 Å². The second-order valence-electron chi connectivity index (χ2n) is 2.77. The van der Waals surface area contributed by atoms with Gasteiger partial charge in [0, 0.05) is 6.54 Å². The largest absolute Gasteiger partial charge is 0.237 e. The topological polar surface area (TPSA) is 54.5 Å². The van der Waals surface area contributed by atoms with Crippen LogP contribution in [0.25, 0.3) is 0 Å². The van der Waals surface area contributed by atoms with Crippen LogP contribution < -0.4 is 0 Å². The van der Waals surface area contributed by atoms with Gasteiger partial charge in [0.2, 0.25) is 5.82 Å². The van der Waals surface area contributed by atoms with Crippen LogP contribution in [0.1, 0.15) is 19.7 Å². The molecule has 0 aliphatic heterocycles. The summed E-state index contributed by atoms with van der Waals surface area (Å²) in [4.78, 5) is 3.78. The first-order valence-electron chi connectivity index (χ1n) is 3.52. The van der Waals surface area contributed by atoms with Crippen molar-refractivity contribution in [3.05, 3.63) is 12.2 Å². The molecule has 1 heterocycles. The lowest BCUT2D eigenvalue weighted by atomic mass is 10.2. The molecule has 0 N–H and O–H groups in total. The van der Waals surface area contributed by atoms with Gasteiger partial charge in [-0.25, -0.2) is 9.67 Å². The van der Waals surface area contributed by atoms with Gasteiger partial charge < -0.3 is 0 Å². The molecule has 0 amide bonds. The molecule has 0 spiro atoms. The smallest absolute Gasteiger partial charge is 0.230 e. The molecule has 1 aromatic rings. The Bertz CT molecular complexity index is 268. The van der Waals surface area contributed by atoms with E-state index in [0.29, 0.717) is 11.7 Å². The van der Waals surface area contributed by atoms with E-state index in [-0.39, 0.29) is 0 Å². The Morgan fingerprint density at radius 2 is 2.45 bits per heavy atom. The van der Waals surface area contributed by atoms with Gasteiger partial charge in [-0.15, -0.1) is 0 Å². The first-order chi connectivity index (χ1) is 5.24. The van der Waals surface area contributed by atoms with E-state index in [1.165, 1.54) is 6.33 Å². The standard InChI is InChI=1S/C7H10N4/c1-6(2)4-11-7(3-8)9-5-10-11/h5-6H,4H2,1-2H3. The monoisotopic (exact) mass is 150 g/mol. The molecule has 0 saturated carbocycles. The fourth-order valence-electron chi connectivity index (χ4n) is 0.830. The zero-order valence-corrected chi connectivity index (χ0v) is 6.65. The summed E-state index contributed by atoms with van der Waals surface area (Å²) in [5, 5.41) is 12.5. The molecular weight excluding hydrogens is 140 g/mol. The highest BCUT2D eigenvalue weighted by Crippen LogP contribution is 1.98. The minimum absolute atomic E-state index is 0.388. The predicted molar refractivity (Wildman–Crippen MR) is 39.6 cm³/mol. The van der Waals surface area contributed by atoms with E-state index in [2.05, 4.69) is 23.9 Å². The summed E-state index contributed by atoms with van der Waals surface area (Å²) < 4.78 is 1.62. The Hall–Kier alpha value is -1.37. The second-order valence-corrected chi connectivity index (χ2v) is 2.77. The number of hydrogen-bond donors (Lipinski definition) is 0. The Morgan fingerprint density at radius 1 is 1.73 bits per heavy atom. The second kappa shape index (κ2) is 3.15. The van der Waals surface area contributed by atoms with Gasteiger partial charge in [0.1, 0.15) is 12.4 Å². The third-order valence-corrected chi connectivity index (χ3v) is 1.25. The van der Waals surface area contributed by atoms with Gasteiger partial charge in [-0.2, -0.15) is 10.4 Å². The van der Waals surface area contributed by atoms with Crippen molar-refractivity contribution in [1.82, 2.24) is 14.8 Å². The van der Waals surface area contributed by atoms with Crippen LogP contribution in [0.4, 0.5) is 0 Å². The lowest BCUT2D eigenvalue weighted by molar-refractivity contribution is 0.478. The highest BCUT2D eigenvalue weighted by atomic mass is 15.3. The van der Waals surface area contributed by atoms with Crippen molar-refractivity contribution in [1.29, 1.82) is 5.26 Å². The van der Waals surface area contributed by atoms with E-state index in [9.17, 15) is 0 Å². The molecule has 0 radical (unpaired) electrons. The van der Waals surface area contributed by atoms with Crippen LogP contribution in [-0.4, -0.2) is 14.8 Å². The number of aromatic nitrogens is 3. The molecule has 0 aromatic carbocycles. The predicted octanol–water partition coefficient (Wildman–Crippen LogP) is 0.806. The Balaban J connectivity index is 2.79. The van der Waals surface area contributed by atoms with Gasteiger partial charge in [-0.1, -0.05) is 13.8 Å². The number of nitriles is 1. The molecule has 4 heteroatoms. The van der Waals surface area contributed by atoms with Crippen LogP contribution >= 0.6 is 0 Å². The normalized spacial score (nSPS) is 10.0. The summed E-state index contributed by atoms with van der Waals surface area (Å²) in [7, 11) is 0. The molecule has 0 unspecified atom stereocenters. The van der Waals surface area contributed by atoms with Crippen molar-refractivity contribution in [2.24, 2.45) is 5.92 Å². The third-order valence-electron chi connectivity index (χ3n) is 1.25. The zero-order chi connectivity index (χ0) is 8.27. The molecule has 0 fully saturated rings. The van der Waals surface area contributed by atoms with Crippen LogP contribution in [0.3, 0.4) is 0 Å². The summed E-state index contributed by atoms with van der Waals surface area (Å²) in [6, 6.07) is 1.97. The van der Waals surface area contributed by atoms with E-state index < -0.39 is 0 Å². The van der Waals surface area contributed by atoms with E-state index in [1.807, 2.05) is 6.07 Å². The molecule has 0 atom stereocenters. The minimum atomic E-state index is 0.388. The van der Waals surface area contributed by atoms with Crippen molar-refractivity contribution < 1.29 is 0 Å². The lowest BCUT2D eigenvalue weighted by Gasteiger charge is -2.03. The summed E-state index contributed by atoms with van der Waals surface area (Å²) in [5.41, 5.74) is 0. The molecule has 4 nitrogen and oxygen atoms in total. The number of hydrogen-bond acceptors (Lipinski definition) is 3. The van der Waals surface area contributed by atoms with Crippen LogP contribution in [0.5, 0.6) is 0 Å². The SMILES string of the molecule is CC(C)Cn1ncnc1C#N. The number of nitrogens with zero attached hydrogens (tertiary/aromatic N) is 4. The van der Waals surface area contributed by atoms with Crippen molar-refractivity contribution in [3.63, 3.8) is 0 Å².